The molecule has 0 bridgehead atoms. The van der Waals surface area contributed by atoms with Gasteiger partial charge in [0.1, 0.15) is 0 Å². The van der Waals surface area contributed by atoms with Crippen LogP contribution in [0.2, 0.25) is 0 Å². The predicted molar refractivity (Wildman–Crippen MR) is 124 cm³/mol. The molecular formula is C24H32N6O2. The van der Waals surface area contributed by atoms with E-state index >= 15 is 0 Å². The Bertz CT molecular complexity index is 1020. The van der Waals surface area contributed by atoms with Gasteiger partial charge in [-0.1, -0.05) is 19.9 Å². The Hall–Kier alpha value is -2.76. The van der Waals surface area contributed by atoms with E-state index < -0.39 is 0 Å². The van der Waals surface area contributed by atoms with Gasteiger partial charge in [0.05, 0.1) is 18.5 Å². The zero-order valence-corrected chi connectivity index (χ0v) is 19.0. The second-order valence-electron chi connectivity index (χ2n) is 8.40. The van der Waals surface area contributed by atoms with Gasteiger partial charge in [-0.2, -0.15) is 5.10 Å². The van der Waals surface area contributed by atoms with E-state index in [0.717, 1.165) is 64.0 Å². The van der Waals surface area contributed by atoms with E-state index in [0.29, 0.717) is 18.3 Å². The second-order valence-corrected chi connectivity index (χ2v) is 8.40. The molecule has 32 heavy (non-hydrogen) atoms. The summed E-state index contributed by atoms with van der Waals surface area (Å²) in [5.41, 5.74) is 2.91. The van der Waals surface area contributed by atoms with Crippen LogP contribution in [0.3, 0.4) is 0 Å². The van der Waals surface area contributed by atoms with Crippen molar-refractivity contribution in [2.24, 2.45) is 0 Å². The van der Waals surface area contributed by atoms with E-state index in [-0.39, 0.29) is 17.5 Å². The minimum Gasteiger partial charge on any atom is -0.376 e. The number of nitrogens with zero attached hydrogens (tertiary/aromatic N) is 6. The van der Waals surface area contributed by atoms with Crippen LogP contribution in [0.25, 0.3) is 4.85 Å². The predicted octanol–water partition coefficient (Wildman–Crippen LogP) is 3.72. The third-order valence-corrected chi connectivity index (χ3v) is 6.60. The Morgan fingerprint density at radius 1 is 1.25 bits per heavy atom. The van der Waals surface area contributed by atoms with Crippen molar-refractivity contribution in [1.82, 2.24) is 19.7 Å². The highest BCUT2D eigenvalue weighted by Gasteiger charge is 2.28. The SMILES string of the molecule is [C-]#[N+]c1c(N2CCN(C(CC)c3cccnc3CC)CC2)cnn(C2CCCCO2)c1=O. The largest absolute Gasteiger partial charge is 0.376 e. The van der Waals surface area contributed by atoms with Crippen molar-refractivity contribution in [3.8, 4) is 0 Å². The number of ether oxygens (including phenoxy) is 1. The van der Waals surface area contributed by atoms with Crippen molar-refractivity contribution < 1.29 is 4.74 Å². The molecule has 2 aromatic heterocycles. The van der Waals surface area contributed by atoms with E-state index in [2.05, 4.69) is 44.6 Å². The maximum absolute atomic E-state index is 13.0. The summed E-state index contributed by atoms with van der Waals surface area (Å²) in [6.07, 6.45) is 7.89. The molecule has 0 radical (unpaired) electrons. The molecule has 2 aliphatic heterocycles. The fourth-order valence-corrected chi connectivity index (χ4v) is 4.91. The molecule has 0 amide bonds. The summed E-state index contributed by atoms with van der Waals surface area (Å²) in [6.45, 7) is 15.9. The van der Waals surface area contributed by atoms with Gasteiger partial charge in [-0.05, 0) is 43.7 Å². The van der Waals surface area contributed by atoms with Crippen molar-refractivity contribution in [2.45, 2.75) is 58.2 Å². The summed E-state index contributed by atoms with van der Waals surface area (Å²) in [4.78, 5) is 25.8. The Balaban J connectivity index is 1.51. The van der Waals surface area contributed by atoms with Gasteiger partial charge >= 0.3 is 0 Å². The first-order valence-electron chi connectivity index (χ1n) is 11.7. The zero-order valence-electron chi connectivity index (χ0n) is 19.0. The Labute approximate surface area is 189 Å². The second kappa shape index (κ2) is 10.2. The molecule has 0 spiro atoms. The van der Waals surface area contributed by atoms with E-state index in [1.54, 1.807) is 6.20 Å². The molecule has 0 saturated carbocycles. The lowest BCUT2D eigenvalue weighted by Gasteiger charge is -2.40. The first kappa shape index (κ1) is 22.4. The molecule has 2 saturated heterocycles. The van der Waals surface area contributed by atoms with Crippen LogP contribution in [0.15, 0.2) is 29.3 Å². The maximum atomic E-state index is 13.0. The lowest BCUT2D eigenvalue weighted by atomic mass is 9.99. The van der Waals surface area contributed by atoms with Gasteiger partial charge in [0, 0.05) is 50.7 Å². The first-order chi connectivity index (χ1) is 15.7. The average molecular weight is 437 g/mol. The number of rotatable bonds is 6. The topological polar surface area (TPSA) is 67.8 Å². The molecule has 2 aliphatic rings. The summed E-state index contributed by atoms with van der Waals surface area (Å²) in [5, 5.41) is 4.40. The minimum absolute atomic E-state index is 0.148. The first-order valence-corrected chi connectivity index (χ1v) is 11.7. The number of anilines is 1. The maximum Gasteiger partial charge on any atom is 0.277 e. The van der Waals surface area contributed by atoms with E-state index in [4.69, 9.17) is 11.3 Å². The van der Waals surface area contributed by atoms with Gasteiger partial charge < -0.3 is 9.64 Å². The van der Waals surface area contributed by atoms with Crippen LogP contribution in [-0.4, -0.2) is 52.5 Å². The summed E-state index contributed by atoms with van der Waals surface area (Å²) in [6, 6.07) is 4.54. The number of pyridine rings is 1. The lowest BCUT2D eigenvalue weighted by molar-refractivity contribution is -0.0422. The molecule has 4 heterocycles. The summed E-state index contributed by atoms with van der Waals surface area (Å²) < 4.78 is 7.07. The Morgan fingerprint density at radius 3 is 2.72 bits per heavy atom. The highest BCUT2D eigenvalue weighted by atomic mass is 16.5. The molecule has 0 aromatic carbocycles. The molecular weight excluding hydrogens is 404 g/mol. The van der Waals surface area contributed by atoms with Crippen molar-refractivity contribution in [1.29, 1.82) is 0 Å². The van der Waals surface area contributed by atoms with Crippen LogP contribution in [0, 0.1) is 6.57 Å². The van der Waals surface area contributed by atoms with Gasteiger partial charge in [0.25, 0.3) is 11.2 Å². The number of piperazine rings is 1. The third-order valence-electron chi connectivity index (χ3n) is 6.60. The summed E-state index contributed by atoms with van der Waals surface area (Å²) >= 11 is 0. The summed E-state index contributed by atoms with van der Waals surface area (Å²) in [5.74, 6) is 0. The quantitative estimate of drug-likeness (QED) is 0.643. The lowest BCUT2D eigenvalue weighted by Crippen LogP contribution is -2.48. The monoisotopic (exact) mass is 436 g/mol. The van der Waals surface area contributed by atoms with Crippen LogP contribution < -0.4 is 10.5 Å². The number of aryl methyl sites for hydroxylation is 1. The van der Waals surface area contributed by atoms with Gasteiger partial charge in [-0.15, -0.1) is 0 Å². The molecule has 4 rings (SSSR count). The highest BCUT2D eigenvalue weighted by Crippen LogP contribution is 2.31. The van der Waals surface area contributed by atoms with Gasteiger partial charge in [-0.3, -0.25) is 14.7 Å². The van der Waals surface area contributed by atoms with Gasteiger partial charge in [-0.25, -0.2) is 9.53 Å². The van der Waals surface area contributed by atoms with Crippen molar-refractivity contribution in [3.05, 3.63) is 57.6 Å². The van der Waals surface area contributed by atoms with E-state index in [1.807, 2.05) is 12.3 Å². The van der Waals surface area contributed by atoms with Crippen molar-refractivity contribution >= 4 is 11.4 Å². The van der Waals surface area contributed by atoms with Crippen LogP contribution in [-0.2, 0) is 11.2 Å². The average Bonchev–Trinajstić information content (AvgIpc) is 2.85. The van der Waals surface area contributed by atoms with E-state index in [1.165, 1.54) is 10.2 Å². The molecule has 0 aliphatic carbocycles. The molecule has 8 nitrogen and oxygen atoms in total. The number of aromatic nitrogens is 3. The smallest absolute Gasteiger partial charge is 0.277 e. The van der Waals surface area contributed by atoms with Crippen molar-refractivity contribution in [2.75, 3.05) is 37.7 Å². The fourth-order valence-electron chi connectivity index (χ4n) is 4.91. The van der Waals surface area contributed by atoms with Crippen LogP contribution in [0.5, 0.6) is 0 Å². The standard InChI is InChI=1S/C24H32N6O2/c1-4-19-18(9-8-11-26-19)20(5-2)28-12-14-29(15-13-28)21-17-27-30(24(31)23(21)25-3)22-10-6-7-16-32-22/h8-9,11,17,20,22H,4-7,10,12-16H2,1-2H3. The van der Waals surface area contributed by atoms with E-state index in [9.17, 15) is 4.79 Å². The Kier molecular flexibility index (Phi) is 7.18. The molecule has 0 N–H and O–H groups in total. The van der Waals surface area contributed by atoms with Crippen molar-refractivity contribution in [3.63, 3.8) is 0 Å². The molecule has 8 heteroatoms. The molecule has 2 atom stereocenters. The van der Waals surface area contributed by atoms with Crippen LogP contribution in [0.4, 0.5) is 11.4 Å². The molecule has 2 aromatic rings. The normalized spacial score (nSPS) is 20.7. The number of hydrogen-bond donors (Lipinski definition) is 0. The summed E-state index contributed by atoms with van der Waals surface area (Å²) in [7, 11) is 0. The number of hydrogen-bond acceptors (Lipinski definition) is 6. The molecule has 2 unspecified atom stereocenters. The third kappa shape index (κ3) is 4.41. The zero-order chi connectivity index (χ0) is 22.5. The van der Waals surface area contributed by atoms with Crippen LogP contribution in [0.1, 0.15) is 63.1 Å². The minimum atomic E-state index is -0.361. The molecule has 2 fully saturated rings. The molecule has 170 valence electrons. The fraction of sp³-hybridized carbons (Fsp3) is 0.583. The van der Waals surface area contributed by atoms with Gasteiger partial charge in [0.2, 0.25) is 0 Å². The van der Waals surface area contributed by atoms with Gasteiger partial charge in [0.15, 0.2) is 6.23 Å². The van der Waals surface area contributed by atoms with Crippen LogP contribution >= 0.6 is 0 Å². The highest BCUT2D eigenvalue weighted by molar-refractivity contribution is 5.68. The Morgan fingerprint density at radius 2 is 2.06 bits per heavy atom.